The van der Waals surface area contributed by atoms with E-state index in [1.54, 1.807) is 0 Å². The van der Waals surface area contributed by atoms with Crippen molar-refractivity contribution in [3.05, 3.63) is 0 Å². The van der Waals surface area contributed by atoms with Gasteiger partial charge in [0.15, 0.2) is 0 Å². The van der Waals surface area contributed by atoms with Gasteiger partial charge in [-0.1, -0.05) is 13.8 Å². The Balaban J connectivity index is 1.82. The Morgan fingerprint density at radius 1 is 1.25 bits per heavy atom. The molecule has 0 aromatic carbocycles. The Hall–Kier alpha value is -0.120. The van der Waals surface area contributed by atoms with Gasteiger partial charge in [-0.15, -0.1) is 0 Å². The van der Waals surface area contributed by atoms with Gasteiger partial charge in [0.25, 0.3) is 0 Å². The molecule has 2 fully saturated rings. The molecule has 0 saturated heterocycles. The Labute approximate surface area is 98.6 Å². The summed E-state index contributed by atoms with van der Waals surface area (Å²) in [7, 11) is 1.81. The van der Waals surface area contributed by atoms with Crippen molar-refractivity contribution in [3.8, 4) is 0 Å². The van der Waals surface area contributed by atoms with Gasteiger partial charge in [-0.3, -0.25) is 0 Å². The molecule has 0 heterocycles. The third-order valence-electron chi connectivity index (χ3n) is 4.61. The first-order valence-corrected chi connectivity index (χ1v) is 6.51. The van der Waals surface area contributed by atoms with Crippen molar-refractivity contribution in [2.24, 2.45) is 5.41 Å². The highest BCUT2D eigenvalue weighted by Gasteiger charge is 2.47. The van der Waals surface area contributed by atoms with E-state index in [0.29, 0.717) is 18.2 Å². The standard InChI is InChI=1S/C13H25NO2/c1-13(2)11(8-12(13)15)14-9-5-4-6-10(7-9)16-3/h9-12,14-15H,4-8H2,1-3H3. The van der Waals surface area contributed by atoms with Gasteiger partial charge in [-0.25, -0.2) is 0 Å². The maximum absolute atomic E-state index is 9.71. The van der Waals surface area contributed by atoms with E-state index in [-0.39, 0.29) is 11.5 Å². The molecule has 0 spiro atoms. The van der Waals surface area contributed by atoms with Crippen molar-refractivity contribution in [1.82, 2.24) is 5.32 Å². The van der Waals surface area contributed by atoms with Crippen LogP contribution in [0.1, 0.15) is 46.0 Å². The summed E-state index contributed by atoms with van der Waals surface area (Å²) in [6.45, 7) is 4.30. The Bertz CT molecular complexity index is 242. The molecule has 94 valence electrons. The van der Waals surface area contributed by atoms with Crippen LogP contribution < -0.4 is 5.32 Å². The van der Waals surface area contributed by atoms with E-state index in [0.717, 1.165) is 12.8 Å². The second kappa shape index (κ2) is 4.63. The van der Waals surface area contributed by atoms with Gasteiger partial charge in [-0.05, 0) is 32.1 Å². The normalized spacial score (nSPS) is 42.8. The lowest BCUT2D eigenvalue weighted by Crippen LogP contribution is -2.62. The summed E-state index contributed by atoms with van der Waals surface area (Å²) in [6, 6.07) is 1.05. The lowest BCUT2D eigenvalue weighted by atomic mass is 9.64. The number of hydrogen-bond acceptors (Lipinski definition) is 3. The maximum atomic E-state index is 9.71. The number of ether oxygens (including phenoxy) is 1. The maximum Gasteiger partial charge on any atom is 0.0621 e. The van der Waals surface area contributed by atoms with E-state index >= 15 is 0 Å². The minimum atomic E-state index is -0.133. The predicted molar refractivity (Wildman–Crippen MR) is 64.4 cm³/mol. The average Bonchev–Trinajstić information content (AvgIpc) is 2.29. The van der Waals surface area contributed by atoms with Gasteiger partial charge in [0, 0.05) is 24.6 Å². The first-order chi connectivity index (χ1) is 7.54. The molecule has 2 aliphatic rings. The zero-order valence-electron chi connectivity index (χ0n) is 10.7. The number of methoxy groups -OCH3 is 1. The van der Waals surface area contributed by atoms with E-state index in [2.05, 4.69) is 19.2 Å². The fraction of sp³-hybridized carbons (Fsp3) is 1.00. The molecule has 0 radical (unpaired) electrons. The SMILES string of the molecule is COC1CCCC(NC2CC(O)C2(C)C)C1. The molecule has 16 heavy (non-hydrogen) atoms. The minimum Gasteiger partial charge on any atom is -0.392 e. The molecule has 4 unspecified atom stereocenters. The van der Waals surface area contributed by atoms with Gasteiger partial charge < -0.3 is 15.2 Å². The van der Waals surface area contributed by atoms with Crippen molar-refractivity contribution in [2.45, 2.75) is 70.2 Å². The van der Waals surface area contributed by atoms with Gasteiger partial charge in [0.1, 0.15) is 0 Å². The van der Waals surface area contributed by atoms with Gasteiger partial charge in [0.2, 0.25) is 0 Å². The smallest absolute Gasteiger partial charge is 0.0621 e. The molecule has 2 saturated carbocycles. The van der Waals surface area contributed by atoms with Crippen LogP contribution in [0.2, 0.25) is 0 Å². The van der Waals surface area contributed by atoms with Crippen LogP contribution >= 0.6 is 0 Å². The van der Waals surface area contributed by atoms with Crippen LogP contribution in [0.5, 0.6) is 0 Å². The molecule has 3 nitrogen and oxygen atoms in total. The second-order valence-electron chi connectivity index (χ2n) is 6.01. The summed E-state index contributed by atoms with van der Waals surface area (Å²) >= 11 is 0. The molecule has 2 rings (SSSR count). The van der Waals surface area contributed by atoms with Crippen molar-refractivity contribution in [1.29, 1.82) is 0 Å². The summed E-state index contributed by atoms with van der Waals surface area (Å²) in [5.41, 5.74) is 0.0417. The third-order valence-corrected chi connectivity index (χ3v) is 4.61. The van der Waals surface area contributed by atoms with Gasteiger partial charge >= 0.3 is 0 Å². The van der Waals surface area contributed by atoms with E-state index in [1.165, 1.54) is 19.3 Å². The molecular formula is C13H25NO2. The minimum absolute atomic E-state index is 0.0417. The van der Waals surface area contributed by atoms with Crippen LogP contribution in [0, 0.1) is 5.41 Å². The topological polar surface area (TPSA) is 41.5 Å². The lowest BCUT2D eigenvalue weighted by molar-refractivity contribution is -0.0794. The average molecular weight is 227 g/mol. The number of aliphatic hydroxyl groups excluding tert-OH is 1. The molecule has 2 aliphatic carbocycles. The molecule has 0 aromatic heterocycles. The quantitative estimate of drug-likeness (QED) is 0.771. The Kier molecular flexibility index (Phi) is 3.57. The Morgan fingerprint density at radius 3 is 2.56 bits per heavy atom. The van der Waals surface area contributed by atoms with Crippen molar-refractivity contribution < 1.29 is 9.84 Å². The summed E-state index contributed by atoms with van der Waals surface area (Å²) in [5, 5.41) is 13.4. The third kappa shape index (κ3) is 2.27. The highest BCUT2D eigenvalue weighted by Crippen LogP contribution is 2.41. The van der Waals surface area contributed by atoms with Gasteiger partial charge in [-0.2, -0.15) is 0 Å². The largest absolute Gasteiger partial charge is 0.392 e. The first kappa shape index (κ1) is 12.3. The van der Waals surface area contributed by atoms with E-state index < -0.39 is 0 Å². The van der Waals surface area contributed by atoms with Crippen LogP contribution in [0.3, 0.4) is 0 Å². The van der Waals surface area contributed by atoms with Crippen molar-refractivity contribution in [3.63, 3.8) is 0 Å². The van der Waals surface area contributed by atoms with Crippen LogP contribution in [-0.2, 0) is 4.74 Å². The summed E-state index contributed by atoms with van der Waals surface area (Å²) in [5.74, 6) is 0. The second-order valence-corrected chi connectivity index (χ2v) is 6.01. The molecule has 0 bridgehead atoms. The van der Waals surface area contributed by atoms with Crippen molar-refractivity contribution >= 4 is 0 Å². The number of nitrogens with one attached hydrogen (secondary N) is 1. The molecule has 4 atom stereocenters. The fourth-order valence-electron chi connectivity index (χ4n) is 2.98. The molecule has 0 amide bonds. The highest BCUT2D eigenvalue weighted by molar-refractivity contribution is 5.03. The molecular weight excluding hydrogens is 202 g/mol. The lowest BCUT2D eigenvalue weighted by Gasteiger charge is -2.51. The molecule has 0 aliphatic heterocycles. The van der Waals surface area contributed by atoms with Crippen LogP contribution in [0.15, 0.2) is 0 Å². The summed E-state index contributed by atoms with van der Waals surface area (Å²) in [4.78, 5) is 0. The van der Waals surface area contributed by atoms with E-state index in [1.807, 2.05) is 7.11 Å². The fourth-order valence-corrected chi connectivity index (χ4v) is 2.98. The monoisotopic (exact) mass is 227 g/mol. The zero-order chi connectivity index (χ0) is 11.8. The predicted octanol–water partition coefficient (Wildman–Crippen LogP) is 1.69. The van der Waals surface area contributed by atoms with Gasteiger partial charge in [0.05, 0.1) is 12.2 Å². The Morgan fingerprint density at radius 2 is 2.00 bits per heavy atom. The highest BCUT2D eigenvalue weighted by atomic mass is 16.5. The van der Waals surface area contributed by atoms with Crippen LogP contribution in [0.25, 0.3) is 0 Å². The molecule has 0 aromatic rings. The summed E-state index contributed by atoms with van der Waals surface area (Å²) in [6.07, 6.45) is 6.03. The number of rotatable bonds is 3. The number of aliphatic hydroxyl groups is 1. The summed E-state index contributed by atoms with van der Waals surface area (Å²) < 4.78 is 5.44. The van der Waals surface area contributed by atoms with E-state index in [9.17, 15) is 5.11 Å². The van der Waals surface area contributed by atoms with Crippen molar-refractivity contribution in [2.75, 3.05) is 7.11 Å². The first-order valence-electron chi connectivity index (χ1n) is 6.51. The van der Waals surface area contributed by atoms with E-state index in [4.69, 9.17) is 4.74 Å². The molecule has 3 heteroatoms. The number of hydrogen-bond donors (Lipinski definition) is 2. The zero-order valence-corrected chi connectivity index (χ0v) is 10.7. The molecule has 2 N–H and O–H groups in total. The van der Waals surface area contributed by atoms with Crippen LogP contribution in [0.4, 0.5) is 0 Å². The van der Waals surface area contributed by atoms with Crippen LogP contribution in [-0.4, -0.2) is 36.5 Å².